The topological polar surface area (TPSA) is 29.5 Å². The van der Waals surface area contributed by atoms with Crippen LogP contribution >= 0.6 is 11.3 Å². The van der Waals surface area contributed by atoms with E-state index in [1.165, 1.54) is 0 Å². The molecule has 1 fully saturated rings. The van der Waals surface area contributed by atoms with Gasteiger partial charge in [0.1, 0.15) is 6.61 Å². The van der Waals surface area contributed by atoms with Crippen LogP contribution in [-0.4, -0.2) is 25.7 Å². The zero-order chi connectivity index (χ0) is 8.39. The van der Waals surface area contributed by atoms with Crippen molar-refractivity contribution in [3.63, 3.8) is 0 Å². The molecule has 1 amide bonds. The second-order valence-electron chi connectivity index (χ2n) is 2.55. The molecule has 0 unspecified atom stereocenters. The van der Waals surface area contributed by atoms with Crippen molar-refractivity contribution in [2.24, 2.45) is 0 Å². The molecule has 3 nitrogen and oxygen atoms in total. The van der Waals surface area contributed by atoms with E-state index < -0.39 is 0 Å². The van der Waals surface area contributed by atoms with E-state index in [4.69, 9.17) is 4.74 Å². The van der Waals surface area contributed by atoms with Crippen molar-refractivity contribution in [3.05, 3.63) is 17.5 Å². The van der Waals surface area contributed by atoms with Gasteiger partial charge in [-0.25, -0.2) is 0 Å². The first-order valence-electron chi connectivity index (χ1n) is 3.79. The highest BCUT2D eigenvalue weighted by Crippen LogP contribution is 2.22. The number of morpholine rings is 1. The van der Waals surface area contributed by atoms with Crippen LogP contribution in [0, 0.1) is 0 Å². The molecule has 1 aromatic heterocycles. The molecule has 0 spiro atoms. The minimum Gasteiger partial charge on any atom is -0.370 e. The van der Waals surface area contributed by atoms with Gasteiger partial charge < -0.3 is 4.74 Å². The number of amides is 1. The van der Waals surface area contributed by atoms with Crippen LogP contribution in [0.5, 0.6) is 0 Å². The van der Waals surface area contributed by atoms with Gasteiger partial charge in [0.05, 0.1) is 18.2 Å². The molecule has 0 bridgehead atoms. The average molecular weight is 183 g/mol. The van der Waals surface area contributed by atoms with Gasteiger partial charge in [0, 0.05) is 0 Å². The number of nitrogens with zero attached hydrogens (tertiary/aromatic N) is 1. The summed E-state index contributed by atoms with van der Waals surface area (Å²) in [6.45, 7) is 1.54. The highest BCUT2D eigenvalue weighted by Gasteiger charge is 2.20. The highest BCUT2D eigenvalue weighted by atomic mass is 32.1. The average Bonchev–Trinajstić information content (AvgIpc) is 2.57. The first kappa shape index (κ1) is 7.76. The fourth-order valence-corrected chi connectivity index (χ4v) is 1.95. The van der Waals surface area contributed by atoms with Crippen LogP contribution in [0.15, 0.2) is 17.5 Å². The Hall–Kier alpha value is -0.870. The van der Waals surface area contributed by atoms with Crippen molar-refractivity contribution in [3.8, 4) is 0 Å². The van der Waals surface area contributed by atoms with E-state index in [9.17, 15) is 4.79 Å². The van der Waals surface area contributed by atoms with Crippen LogP contribution < -0.4 is 4.90 Å². The lowest BCUT2D eigenvalue weighted by atomic mass is 10.4. The van der Waals surface area contributed by atoms with Crippen molar-refractivity contribution in [1.82, 2.24) is 0 Å². The smallest absolute Gasteiger partial charge is 0.253 e. The Balaban J connectivity index is 2.17. The van der Waals surface area contributed by atoms with E-state index in [1.54, 1.807) is 16.2 Å². The molecule has 1 aromatic rings. The second-order valence-corrected chi connectivity index (χ2v) is 3.48. The summed E-state index contributed by atoms with van der Waals surface area (Å²) in [7, 11) is 0. The monoisotopic (exact) mass is 183 g/mol. The Morgan fingerprint density at radius 1 is 1.58 bits per heavy atom. The van der Waals surface area contributed by atoms with E-state index in [1.807, 2.05) is 17.5 Å². The Morgan fingerprint density at radius 2 is 2.50 bits per heavy atom. The third-order valence-electron chi connectivity index (χ3n) is 1.76. The molecule has 1 aliphatic rings. The molecule has 0 aliphatic carbocycles. The summed E-state index contributed by atoms with van der Waals surface area (Å²) in [5.41, 5.74) is 0. The zero-order valence-corrected chi connectivity index (χ0v) is 7.34. The van der Waals surface area contributed by atoms with E-state index in [-0.39, 0.29) is 12.5 Å². The van der Waals surface area contributed by atoms with Crippen LogP contribution in [-0.2, 0) is 9.53 Å². The van der Waals surface area contributed by atoms with E-state index in [2.05, 4.69) is 0 Å². The standard InChI is InChI=1S/C8H9NO2S/c10-7-6-11-4-3-9(7)8-2-1-5-12-8/h1-2,5H,3-4,6H2. The van der Waals surface area contributed by atoms with Gasteiger partial charge in [0.2, 0.25) is 0 Å². The summed E-state index contributed by atoms with van der Waals surface area (Å²) in [6, 6.07) is 3.90. The number of hydrogen-bond donors (Lipinski definition) is 0. The van der Waals surface area contributed by atoms with Crippen LogP contribution in [0.3, 0.4) is 0 Å². The molecule has 1 saturated heterocycles. The van der Waals surface area contributed by atoms with Gasteiger partial charge >= 0.3 is 0 Å². The molecule has 0 N–H and O–H groups in total. The first-order chi connectivity index (χ1) is 5.88. The second kappa shape index (κ2) is 3.25. The summed E-state index contributed by atoms with van der Waals surface area (Å²) < 4.78 is 5.02. The van der Waals surface area contributed by atoms with Gasteiger partial charge in [-0.15, -0.1) is 11.3 Å². The van der Waals surface area contributed by atoms with Crippen LogP contribution in [0.2, 0.25) is 0 Å². The molecule has 12 heavy (non-hydrogen) atoms. The fourth-order valence-electron chi connectivity index (χ4n) is 1.17. The SMILES string of the molecule is O=C1COCCN1c1cccs1. The maximum atomic E-state index is 11.3. The number of rotatable bonds is 1. The van der Waals surface area contributed by atoms with Crippen molar-refractivity contribution < 1.29 is 9.53 Å². The minimum atomic E-state index is 0.0590. The molecule has 0 radical (unpaired) electrons. The molecule has 4 heteroatoms. The van der Waals surface area contributed by atoms with Gasteiger partial charge in [-0.05, 0) is 17.5 Å². The molecule has 0 saturated carbocycles. The number of carbonyl (C=O) groups is 1. The third kappa shape index (κ3) is 1.35. The lowest BCUT2D eigenvalue weighted by Crippen LogP contribution is -2.41. The predicted molar refractivity (Wildman–Crippen MR) is 47.5 cm³/mol. The van der Waals surface area contributed by atoms with Gasteiger partial charge in [-0.2, -0.15) is 0 Å². The summed E-state index contributed by atoms with van der Waals surface area (Å²) in [4.78, 5) is 13.1. The Labute approximate surface area is 74.6 Å². The number of anilines is 1. The molecular formula is C8H9NO2S. The van der Waals surface area contributed by atoms with Crippen molar-refractivity contribution in [2.75, 3.05) is 24.7 Å². The maximum absolute atomic E-state index is 11.3. The number of ether oxygens (including phenoxy) is 1. The third-order valence-corrected chi connectivity index (χ3v) is 2.65. The quantitative estimate of drug-likeness (QED) is 0.652. The van der Waals surface area contributed by atoms with E-state index in [0.29, 0.717) is 13.2 Å². The van der Waals surface area contributed by atoms with Gasteiger partial charge in [-0.1, -0.05) is 0 Å². The Kier molecular flexibility index (Phi) is 2.10. The molecule has 2 rings (SSSR count). The highest BCUT2D eigenvalue weighted by molar-refractivity contribution is 7.14. The summed E-state index contributed by atoms with van der Waals surface area (Å²) >= 11 is 1.58. The summed E-state index contributed by atoms with van der Waals surface area (Å²) in [6.07, 6.45) is 0. The Bertz CT molecular complexity index is 271. The minimum absolute atomic E-state index is 0.0590. The van der Waals surface area contributed by atoms with Crippen molar-refractivity contribution in [2.45, 2.75) is 0 Å². The molecule has 2 heterocycles. The van der Waals surface area contributed by atoms with Crippen molar-refractivity contribution >= 4 is 22.2 Å². The molecular weight excluding hydrogens is 174 g/mol. The van der Waals surface area contributed by atoms with Crippen LogP contribution in [0.4, 0.5) is 5.00 Å². The van der Waals surface area contributed by atoms with Crippen LogP contribution in [0.25, 0.3) is 0 Å². The molecule has 64 valence electrons. The number of carbonyl (C=O) groups excluding carboxylic acids is 1. The lowest BCUT2D eigenvalue weighted by Gasteiger charge is -2.25. The largest absolute Gasteiger partial charge is 0.370 e. The molecule has 0 aromatic carbocycles. The fraction of sp³-hybridized carbons (Fsp3) is 0.375. The van der Waals surface area contributed by atoms with Gasteiger partial charge in [0.25, 0.3) is 5.91 Å². The maximum Gasteiger partial charge on any atom is 0.253 e. The number of hydrogen-bond acceptors (Lipinski definition) is 3. The summed E-state index contributed by atoms with van der Waals surface area (Å²) in [5.74, 6) is 0.0590. The van der Waals surface area contributed by atoms with Gasteiger partial charge in [-0.3, -0.25) is 9.69 Å². The normalized spacial score (nSPS) is 18.3. The first-order valence-corrected chi connectivity index (χ1v) is 4.67. The van der Waals surface area contributed by atoms with Gasteiger partial charge in [0.15, 0.2) is 0 Å². The van der Waals surface area contributed by atoms with E-state index in [0.717, 1.165) is 5.00 Å². The van der Waals surface area contributed by atoms with Crippen LogP contribution in [0.1, 0.15) is 0 Å². The summed E-state index contributed by atoms with van der Waals surface area (Å²) in [5, 5.41) is 2.99. The van der Waals surface area contributed by atoms with E-state index >= 15 is 0 Å². The zero-order valence-electron chi connectivity index (χ0n) is 6.53. The van der Waals surface area contributed by atoms with Crippen molar-refractivity contribution in [1.29, 1.82) is 0 Å². The lowest BCUT2D eigenvalue weighted by molar-refractivity contribution is -0.125. The Morgan fingerprint density at radius 3 is 3.17 bits per heavy atom. The molecule has 1 aliphatic heterocycles. The number of thiophene rings is 1. The predicted octanol–water partition coefficient (Wildman–Crippen LogP) is 1.11. The molecule has 0 atom stereocenters.